The molecule has 0 bridgehead atoms. The predicted molar refractivity (Wildman–Crippen MR) is 101 cm³/mol. The number of amides is 2. The number of anilines is 1. The summed E-state index contributed by atoms with van der Waals surface area (Å²) in [5.74, 6) is -2.63. The maximum atomic E-state index is 12.7. The van der Waals surface area contributed by atoms with Gasteiger partial charge in [0.2, 0.25) is 0 Å². The molecule has 2 aromatic rings. The van der Waals surface area contributed by atoms with E-state index in [9.17, 15) is 24.5 Å². The van der Waals surface area contributed by atoms with Crippen molar-refractivity contribution in [3.05, 3.63) is 69.8 Å². The fraction of sp³-hybridized carbons (Fsp3) is 0.105. The third-order valence-electron chi connectivity index (χ3n) is 4.06. The number of carboxylic acid groups (broad SMARTS) is 1. The van der Waals surface area contributed by atoms with Crippen LogP contribution in [0.3, 0.4) is 0 Å². The molecule has 2 aromatic carbocycles. The first-order valence-electron chi connectivity index (χ1n) is 8.38. The number of non-ortho nitro benzene ring substituents is 1. The number of nitrogens with one attached hydrogen (secondary N) is 1. The molecular formula is C19H15N3O7. The van der Waals surface area contributed by atoms with Crippen LogP contribution in [0.5, 0.6) is 5.75 Å². The Bertz CT molecular complexity index is 1030. The van der Waals surface area contributed by atoms with Gasteiger partial charge < -0.3 is 9.84 Å². The number of carbonyl (C=O) groups excluding carboxylic acids is 2. The van der Waals surface area contributed by atoms with E-state index in [1.165, 1.54) is 13.0 Å². The predicted octanol–water partition coefficient (Wildman–Crippen LogP) is 1.91. The zero-order valence-electron chi connectivity index (χ0n) is 15.1. The summed E-state index contributed by atoms with van der Waals surface area (Å²) in [6.07, 6.45) is -0.111. The highest BCUT2D eigenvalue weighted by atomic mass is 16.6. The van der Waals surface area contributed by atoms with E-state index in [2.05, 4.69) is 5.43 Å². The third-order valence-corrected chi connectivity index (χ3v) is 4.06. The van der Waals surface area contributed by atoms with Crippen LogP contribution < -0.4 is 15.2 Å². The van der Waals surface area contributed by atoms with E-state index in [-0.39, 0.29) is 22.6 Å². The lowest BCUT2D eigenvalue weighted by atomic mass is 10.1. The summed E-state index contributed by atoms with van der Waals surface area (Å²) in [6.45, 7) is 1.28. The number of para-hydroxylation sites is 1. The highest BCUT2D eigenvalue weighted by Gasteiger charge is 2.34. The summed E-state index contributed by atoms with van der Waals surface area (Å²) >= 11 is 0. The minimum atomic E-state index is -1.25. The van der Waals surface area contributed by atoms with Crippen molar-refractivity contribution in [2.75, 3.05) is 5.01 Å². The SMILES string of the molecule is C[C@H](Oc1ccc([N+](=O)[O-])cc1/C=C1/C(=O)NN(c2ccccc2)C1=O)C(=O)O. The number of hydrogen-bond acceptors (Lipinski definition) is 6. The van der Waals surface area contributed by atoms with Crippen LogP contribution in [0.1, 0.15) is 12.5 Å². The molecule has 29 heavy (non-hydrogen) atoms. The maximum absolute atomic E-state index is 12.7. The molecule has 10 nitrogen and oxygen atoms in total. The maximum Gasteiger partial charge on any atom is 0.344 e. The standard InChI is InChI=1S/C19H15N3O7/c1-11(19(25)26)29-16-8-7-14(22(27)28)9-12(16)10-15-17(23)20-21(18(15)24)13-5-3-2-4-6-13/h2-11H,1H3,(H,20,23)(H,25,26)/b15-10-/t11-/m0/s1. The smallest absolute Gasteiger partial charge is 0.344 e. The lowest BCUT2D eigenvalue weighted by molar-refractivity contribution is -0.384. The van der Waals surface area contributed by atoms with Crippen LogP contribution in [-0.2, 0) is 14.4 Å². The Labute approximate surface area is 164 Å². The van der Waals surface area contributed by atoms with Crippen LogP contribution in [0.25, 0.3) is 6.08 Å². The van der Waals surface area contributed by atoms with Crippen LogP contribution >= 0.6 is 0 Å². The molecule has 0 aromatic heterocycles. The first kappa shape index (κ1) is 19.5. The molecule has 0 unspecified atom stereocenters. The molecule has 1 fully saturated rings. The van der Waals surface area contributed by atoms with Gasteiger partial charge in [-0.15, -0.1) is 0 Å². The number of benzene rings is 2. The van der Waals surface area contributed by atoms with Crippen molar-refractivity contribution in [2.24, 2.45) is 0 Å². The van der Waals surface area contributed by atoms with Crippen molar-refractivity contribution in [3.8, 4) is 5.75 Å². The lowest BCUT2D eigenvalue weighted by Gasteiger charge is -2.14. The highest BCUT2D eigenvalue weighted by Crippen LogP contribution is 2.29. The minimum absolute atomic E-state index is 0.0169. The largest absolute Gasteiger partial charge is 0.479 e. The number of nitrogens with zero attached hydrogens (tertiary/aromatic N) is 2. The third kappa shape index (κ3) is 4.05. The molecule has 0 aliphatic carbocycles. The van der Waals surface area contributed by atoms with E-state index in [4.69, 9.17) is 9.84 Å². The molecule has 2 amide bonds. The average Bonchev–Trinajstić information content (AvgIpc) is 2.97. The van der Waals surface area contributed by atoms with Crippen molar-refractivity contribution in [1.29, 1.82) is 0 Å². The van der Waals surface area contributed by atoms with Gasteiger partial charge in [0.15, 0.2) is 6.10 Å². The molecule has 2 N–H and O–H groups in total. The highest BCUT2D eigenvalue weighted by molar-refractivity contribution is 6.31. The van der Waals surface area contributed by atoms with Crippen LogP contribution in [0.15, 0.2) is 54.1 Å². The van der Waals surface area contributed by atoms with Gasteiger partial charge in [0, 0.05) is 17.7 Å². The molecule has 0 saturated carbocycles. The van der Waals surface area contributed by atoms with E-state index >= 15 is 0 Å². The quantitative estimate of drug-likeness (QED) is 0.328. The summed E-state index contributed by atoms with van der Waals surface area (Å²) in [4.78, 5) is 46.5. The number of nitro benzene ring substituents is 1. The molecule has 1 atom stereocenters. The Morgan fingerprint density at radius 1 is 1.24 bits per heavy atom. The first-order valence-corrected chi connectivity index (χ1v) is 8.38. The number of ether oxygens (including phenoxy) is 1. The number of hydrogen-bond donors (Lipinski definition) is 2. The van der Waals surface area contributed by atoms with Gasteiger partial charge >= 0.3 is 5.97 Å². The first-order chi connectivity index (χ1) is 13.8. The second kappa shape index (κ2) is 7.80. The Morgan fingerprint density at radius 2 is 1.93 bits per heavy atom. The zero-order valence-corrected chi connectivity index (χ0v) is 15.1. The number of rotatable bonds is 6. The Morgan fingerprint density at radius 3 is 2.55 bits per heavy atom. The number of carbonyl (C=O) groups is 3. The fourth-order valence-electron chi connectivity index (χ4n) is 2.58. The molecule has 1 heterocycles. The monoisotopic (exact) mass is 397 g/mol. The van der Waals surface area contributed by atoms with Crippen LogP contribution in [0.4, 0.5) is 11.4 Å². The number of nitro groups is 1. The van der Waals surface area contributed by atoms with Gasteiger partial charge in [0.25, 0.3) is 17.5 Å². The Kier molecular flexibility index (Phi) is 5.26. The van der Waals surface area contributed by atoms with E-state index < -0.39 is 28.8 Å². The Balaban J connectivity index is 2.02. The average molecular weight is 397 g/mol. The summed E-state index contributed by atoms with van der Waals surface area (Å²) in [5.41, 5.74) is 2.29. The second-order valence-electron chi connectivity index (χ2n) is 6.05. The van der Waals surface area contributed by atoms with Gasteiger partial charge in [-0.25, -0.2) is 9.80 Å². The molecule has 0 radical (unpaired) electrons. The van der Waals surface area contributed by atoms with Crippen LogP contribution in [0, 0.1) is 10.1 Å². The van der Waals surface area contributed by atoms with Gasteiger partial charge in [-0.3, -0.25) is 25.1 Å². The lowest BCUT2D eigenvalue weighted by Crippen LogP contribution is -2.35. The van der Waals surface area contributed by atoms with Gasteiger partial charge in [-0.2, -0.15) is 0 Å². The molecule has 10 heteroatoms. The normalized spacial score (nSPS) is 15.9. The van der Waals surface area contributed by atoms with Crippen molar-refractivity contribution in [3.63, 3.8) is 0 Å². The second-order valence-corrected chi connectivity index (χ2v) is 6.05. The van der Waals surface area contributed by atoms with Crippen LogP contribution in [-0.4, -0.2) is 33.9 Å². The van der Waals surface area contributed by atoms with Gasteiger partial charge in [0.1, 0.15) is 11.3 Å². The van der Waals surface area contributed by atoms with Crippen molar-refractivity contribution in [1.82, 2.24) is 5.43 Å². The molecule has 1 aliphatic heterocycles. The van der Waals surface area contributed by atoms with Gasteiger partial charge in [-0.05, 0) is 31.2 Å². The van der Waals surface area contributed by atoms with Crippen LogP contribution in [0.2, 0.25) is 0 Å². The summed E-state index contributed by atoms with van der Waals surface area (Å²) in [5, 5.41) is 21.2. The summed E-state index contributed by atoms with van der Waals surface area (Å²) in [6, 6.07) is 11.8. The van der Waals surface area contributed by atoms with E-state index in [0.29, 0.717) is 5.69 Å². The van der Waals surface area contributed by atoms with E-state index in [1.54, 1.807) is 30.3 Å². The van der Waals surface area contributed by atoms with E-state index in [1.807, 2.05) is 0 Å². The summed E-state index contributed by atoms with van der Waals surface area (Å²) < 4.78 is 5.31. The van der Waals surface area contributed by atoms with Crippen molar-refractivity contribution in [2.45, 2.75) is 13.0 Å². The molecule has 1 aliphatic rings. The zero-order chi connectivity index (χ0) is 21.1. The van der Waals surface area contributed by atoms with E-state index in [0.717, 1.165) is 23.2 Å². The Hall–Kier alpha value is -4.21. The van der Waals surface area contributed by atoms with Crippen molar-refractivity contribution >= 4 is 35.2 Å². The molecule has 0 spiro atoms. The van der Waals surface area contributed by atoms with Gasteiger partial charge in [0.05, 0.1) is 10.6 Å². The minimum Gasteiger partial charge on any atom is -0.479 e. The fourth-order valence-corrected chi connectivity index (χ4v) is 2.58. The molecule has 1 saturated heterocycles. The molecule has 148 valence electrons. The number of carboxylic acids is 1. The van der Waals surface area contributed by atoms with Crippen molar-refractivity contribution < 1.29 is 29.2 Å². The molecular weight excluding hydrogens is 382 g/mol. The molecule has 3 rings (SSSR count). The van der Waals surface area contributed by atoms with Gasteiger partial charge in [-0.1, -0.05) is 18.2 Å². The topological polar surface area (TPSA) is 139 Å². The number of hydrazine groups is 1. The number of aliphatic carboxylic acids is 1. The summed E-state index contributed by atoms with van der Waals surface area (Å²) in [7, 11) is 0.